The average Bonchev–Trinajstić information content (AvgIpc) is 2.32. The van der Waals surface area contributed by atoms with Gasteiger partial charge in [-0.2, -0.15) is 0 Å². The van der Waals surface area contributed by atoms with Gasteiger partial charge in [0.05, 0.1) is 12.2 Å². The molecule has 0 fully saturated rings. The first-order valence-corrected chi connectivity index (χ1v) is 6.77. The van der Waals surface area contributed by atoms with E-state index in [0.29, 0.717) is 23.3 Å². The molecular weight excluding hydrogens is 271 g/mol. The lowest BCUT2D eigenvalue weighted by Gasteiger charge is -2.22. The molecule has 0 unspecified atom stereocenters. The van der Waals surface area contributed by atoms with Gasteiger partial charge in [0.2, 0.25) is 0 Å². The Kier molecular flexibility index (Phi) is 6.44. The molecule has 18 heavy (non-hydrogen) atoms. The minimum Gasteiger partial charge on any atom is -0.381 e. The molecule has 0 saturated carbocycles. The summed E-state index contributed by atoms with van der Waals surface area (Å²) in [5, 5.41) is 1.40. The molecule has 1 aromatic carbocycles. The summed E-state index contributed by atoms with van der Waals surface area (Å²) >= 11 is 12.2. The summed E-state index contributed by atoms with van der Waals surface area (Å²) in [7, 11) is 1.71. The molecule has 1 rings (SSSR count). The lowest BCUT2D eigenvalue weighted by Crippen LogP contribution is -2.24. The number of benzene rings is 1. The summed E-state index contributed by atoms with van der Waals surface area (Å²) in [5.74, 6) is 0. The number of methoxy groups -OCH3 is 1. The third kappa shape index (κ3) is 5.15. The Labute approximate surface area is 119 Å². The van der Waals surface area contributed by atoms with Crippen LogP contribution in [-0.4, -0.2) is 25.9 Å². The van der Waals surface area contributed by atoms with Crippen LogP contribution in [0.1, 0.15) is 25.8 Å². The maximum Gasteiger partial charge on any atom is 0.0644 e. The Balaban J connectivity index is 2.30. The van der Waals surface area contributed by atoms with Gasteiger partial charge in [-0.25, -0.2) is 0 Å². The van der Waals surface area contributed by atoms with Crippen molar-refractivity contribution in [3.05, 3.63) is 33.8 Å². The van der Waals surface area contributed by atoms with Crippen LogP contribution in [0, 0.1) is 0 Å². The van der Waals surface area contributed by atoms with Crippen LogP contribution in [0.25, 0.3) is 0 Å². The van der Waals surface area contributed by atoms with Crippen LogP contribution in [0.3, 0.4) is 0 Å². The predicted molar refractivity (Wildman–Crippen MR) is 76.7 cm³/mol. The van der Waals surface area contributed by atoms with Crippen LogP contribution >= 0.6 is 23.2 Å². The third-order valence-electron chi connectivity index (χ3n) is 2.96. The van der Waals surface area contributed by atoms with E-state index in [4.69, 9.17) is 32.7 Å². The van der Waals surface area contributed by atoms with Gasteiger partial charge in [0, 0.05) is 23.8 Å². The molecule has 0 radical (unpaired) electrons. The summed E-state index contributed by atoms with van der Waals surface area (Å²) in [6.07, 6.45) is 1.59. The van der Waals surface area contributed by atoms with Crippen molar-refractivity contribution >= 4 is 23.2 Å². The van der Waals surface area contributed by atoms with Crippen molar-refractivity contribution in [2.45, 2.75) is 32.3 Å². The minimum atomic E-state index is -0.137. The van der Waals surface area contributed by atoms with Gasteiger partial charge in [-0.3, -0.25) is 0 Å². The van der Waals surface area contributed by atoms with E-state index in [9.17, 15) is 0 Å². The Morgan fingerprint density at radius 2 is 1.72 bits per heavy atom. The van der Waals surface area contributed by atoms with Gasteiger partial charge in [0.15, 0.2) is 0 Å². The molecular formula is C14H20Cl2O2. The second kappa shape index (κ2) is 7.34. The monoisotopic (exact) mass is 290 g/mol. The quantitative estimate of drug-likeness (QED) is 0.695. The molecule has 0 amide bonds. The second-order valence-electron chi connectivity index (χ2n) is 4.78. The fraction of sp³-hybridized carbons (Fsp3) is 0.571. The first kappa shape index (κ1) is 15.8. The normalized spacial score (nSPS) is 11.8. The maximum absolute atomic E-state index is 6.08. The van der Waals surface area contributed by atoms with Gasteiger partial charge in [-0.15, -0.1) is 0 Å². The van der Waals surface area contributed by atoms with Crippen LogP contribution in [0.15, 0.2) is 18.2 Å². The van der Waals surface area contributed by atoms with E-state index in [1.54, 1.807) is 7.11 Å². The summed E-state index contributed by atoms with van der Waals surface area (Å²) in [5.41, 5.74) is 0.814. The smallest absolute Gasteiger partial charge is 0.0644 e. The fourth-order valence-corrected chi connectivity index (χ4v) is 2.05. The lowest BCUT2D eigenvalue weighted by atomic mass is 10.1. The van der Waals surface area contributed by atoms with Gasteiger partial charge in [-0.05, 0) is 44.4 Å². The van der Waals surface area contributed by atoms with Crippen molar-refractivity contribution in [1.82, 2.24) is 0 Å². The van der Waals surface area contributed by atoms with E-state index in [0.717, 1.165) is 18.4 Å². The molecule has 4 heteroatoms. The largest absolute Gasteiger partial charge is 0.381 e. The first-order valence-electron chi connectivity index (χ1n) is 6.02. The molecule has 0 atom stereocenters. The molecule has 102 valence electrons. The molecule has 0 aliphatic heterocycles. The standard InChI is InChI=1S/C14H20Cl2O2/c1-14(2,17-3)8-10-18-9-7-11-12(15)5-4-6-13(11)16/h4-6H,7-10H2,1-3H3. The SMILES string of the molecule is COC(C)(C)CCOCCc1c(Cl)cccc1Cl. The molecule has 0 spiro atoms. The molecule has 0 N–H and O–H groups in total. The van der Waals surface area contributed by atoms with Gasteiger partial charge >= 0.3 is 0 Å². The molecule has 2 nitrogen and oxygen atoms in total. The Hall–Kier alpha value is -0.280. The second-order valence-corrected chi connectivity index (χ2v) is 5.59. The van der Waals surface area contributed by atoms with Crippen molar-refractivity contribution in [2.75, 3.05) is 20.3 Å². The number of halogens is 2. The van der Waals surface area contributed by atoms with E-state index in [2.05, 4.69) is 0 Å². The fourth-order valence-electron chi connectivity index (χ4n) is 1.47. The first-order chi connectivity index (χ1) is 8.46. The Bertz CT molecular complexity index is 358. The summed E-state index contributed by atoms with van der Waals surface area (Å²) in [4.78, 5) is 0. The highest BCUT2D eigenvalue weighted by atomic mass is 35.5. The Morgan fingerprint density at radius 3 is 2.28 bits per heavy atom. The highest BCUT2D eigenvalue weighted by Crippen LogP contribution is 2.24. The number of hydrogen-bond acceptors (Lipinski definition) is 2. The van der Waals surface area contributed by atoms with Crippen LogP contribution < -0.4 is 0 Å². The molecule has 0 aliphatic carbocycles. The van der Waals surface area contributed by atoms with Gasteiger partial charge < -0.3 is 9.47 Å². The van der Waals surface area contributed by atoms with Crippen molar-refractivity contribution in [3.63, 3.8) is 0 Å². The van der Waals surface area contributed by atoms with Crippen LogP contribution in [-0.2, 0) is 15.9 Å². The molecule has 1 aromatic rings. The molecule has 0 heterocycles. The topological polar surface area (TPSA) is 18.5 Å². The van der Waals surface area contributed by atoms with Crippen LogP contribution in [0.5, 0.6) is 0 Å². The molecule has 0 aromatic heterocycles. The predicted octanol–water partition coefficient (Wildman–Crippen LogP) is 4.37. The van der Waals surface area contributed by atoms with Crippen molar-refractivity contribution in [1.29, 1.82) is 0 Å². The van der Waals surface area contributed by atoms with Crippen molar-refractivity contribution in [2.24, 2.45) is 0 Å². The molecule has 0 aliphatic rings. The highest BCUT2D eigenvalue weighted by molar-refractivity contribution is 6.35. The van der Waals surface area contributed by atoms with E-state index < -0.39 is 0 Å². The average molecular weight is 291 g/mol. The number of hydrogen-bond donors (Lipinski definition) is 0. The minimum absolute atomic E-state index is 0.137. The Morgan fingerprint density at radius 1 is 1.11 bits per heavy atom. The van der Waals surface area contributed by atoms with Crippen LogP contribution in [0.4, 0.5) is 0 Å². The maximum atomic E-state index is 6.08. The molecule has 0 bridgehead atoms. The summed E-state index contributed by atoms with van der Waals surface area (Å²) < 4.78 is 10.9. The van der Waals surface area contributed by atoms with Gasteiger partial charge in [0.1, 0.15) is 0 Å². The third-order valence-corrected chi connectivity index (χ3v) is 3.67. The zero-order chi connectivity index (χ0) is 13.6. The van der Waals surface area contributed by atoms with Crippen molar-refractivity contribution in [3.8, 4) is 0 Å². The van der Waals surface area contributed by atoms with Crippen LogP contribution in [0.2, 0.25) is 10.0 Å². The van der Waals surface area contributed by atoms with E-state index >= 15 is 0 Å². The number of rotatable bonds is 7. The lowest BCUT2D eigenvalue weighted by molar-refractivity contribution is -0.00938. The van der Waals surface area contributed by atoms with E-state index in [1.807, 2.05) is 32.0 Å². The summed E-state index contributed by atoms with van der Waals surface area (Å²) in [6.45, 7) is 5.37. The van der Waals surface area contributed by atoms with E-state index in [-0.39, 0.29) is 5.60 Å². The zero-order valence-corrected chi connectivity index (χ0v) is 12.6. The summed E-state index contributed by atoms with van der Waals surface area (Å²) in [6, 6.07) is 5.53. The number of ether oxygens (including phenoxy) is 2. The van der Waals surface area contributed by atoms with E-state index in [1.165, 1.54) is 0 Å². The highest BCUT2D eigenvalue weighted by Gasteiger charge is 2.15. The van der Waals surface area contributed by atoms with Gasteiger partial charge in [-0.1, -0.05) is 29.3 Å². The molecule has 0 saturated heterocycles. The van der Waals surface area contributed by atoms with Gasteiger partial charge in [0.25, 0.3) is 0 Å². The van der Waals surface area contributed by atoms with Crippen molar-refractivity contribution < 1.29 is 9.47 Å². The zero-order valence-electron chi connectivity index (χ0n) is 11.1.